The Hall–Kier alpha value is -3.07. The number of fused-ring (bicyclic) bond motifs is 1. The third-order valence-electron chi connectivity index (χ3n) is 6.41. The molecule has 2 N–H and O–H groups in total. The average Bonchev–Trinajstić information content (AvgIpc) is 3.06. The molecule has 1 saturated carbocycles. The Bertz CT molecular complexity index is 1180. The van der Waals surface area contributed by atoms with Crippen molar-refractivity contribution >= 4 is 40.3 Å². The summed E-state index contributed by atoms with van der Waals surface area (Å²) >= 11 is 5.57. The van der Waals surface area contributed by atoms with Crippen molar-refractivity contribution in [3.63, 3.8) is 0 Å². The lowest BCUT2D eigenvalue weighted by Gasteiger charge is -2.49. The first-order valence-corrected chi connectivity index (χ1v) is 11.8. The number of pyridine rings is 1. The van der Waals surface area contributed by atoms with E-state index < -0.39 is 5.54 Å². The molecule has 0 unspecified atom stereocenters. The number of aliphatic imine (C=N–C) groups is 1. The Labute approximate surface area is 199 Å². The number of aromatic hydroxyl groups is 1. The van der Waals surface area contributed by atoms with Crippen molar-refractivity contribution in [1.82, 2.24) is 14.6 Å². The van der Waals surface area contributed by atoms with E-state index in [1.165, 1.54) is 0 Å². The molecule has 0 bridgehead atoms. The lowest BCUT2D eigenvalue weighted by atomic mass is 9.71. The number of amidine groups is 1. The summed E-state index contributed by atoms with van der Waals surface area (Å²) in [5, 5.41) is 10.7. The van der Waals surface area contributed by atoms with Crippen LogP contribution in [0.2, 0.25) is 0 Å². The molecule has 0 saturated heterocycles. The van der Waals surface area contributed by atoms with Gasteiger partial charge in [-0.05, 0) is 51.7 Å². The van der Waals surface area contributed by atoms with E-state index in [1.54, 1.807) is 12.1 Å². The van der Waals surface area contributed by atoms with E-state index in [4.69, 9.17) is 17.2 Å². The Kier molecular flexibility index (Phi) is 6.09. The molecular formula is C24H30N6O2S. The molecule has 4 rings (SSSR count). The zero-order valence-corrected chi connectivity index (χ0v) is 20.4. The number of anilines is 1. The van der Waals surface area contributed by atoms with E-state index in [-0.39, 0.29) is 17.2 Å². The van der Waals surface area contributed by atoms with Crippen molar-refractivity contribution in [1.29, 1.82) is 0 Å². The summed E-state index contributed by atoms with van der Waals surface area (Å²) in [5.41, 5.74) is 5.06. The molecule has 1 aliphatic heterocycles. The van der Waals surface area contributed by atoms with Crippen LogP contribution in [0.4, 0.5) is 5.82 Å². The van der Waals surface area contributed by atoms with Gasteiger partial charge < -0.3 is 10.0 Å². The zero-order valence-electron chi connectivity index (χ0n) is 19.6. The van der Waals surface area contributed by atoms with Crippen molar-refractivity contribution in [2.45, 2.75) is 71.8 Å². The van der Waals surface area contributed by atoms with Crippen LogP contribution in [0.15, 0.2) is 23.7 Å². The van der Waals surface area contributed by atoms with E-state index in [0.29, 0.717) is 28.8 Å². The SMILES string of the molecule is C=C1N=C(c2nc(N(C(C)=S)C3(C(=O)CC)CCC3)ccc2O)Nn2c(CCC)nc(C)c21. The number of hydrogen-bond acceptors (Lipinski definition) is 7. The summed E-state index contributed by atoms with van der Waals surface area (Å²) in [6.07, 6.45) is 4.59. The average molecular weight is 467 g/mol. The fourth-order valence-electron chi connectivity index (χ4n) is 4.75. The predicted octanol–water partition coefficient (Wildman–Crippen LogP) is 4.27. The van der Waals surface area contributed by atoms with E-state index in [0.717, 1.165) is 49.3 Å². The van der Waals surface area contributed by atoms with Gasteiger partial charge in [-0.1, -0.05) is 32.6 Å². The summed E-state index contributed by atoms with van der Waals surface area (Å²) in [6, 6.07) is 3.27. The fourth-order valence-corrected chi connectivity index (χ4v) is 5.02. The highest BCUT2D eigenvalue weighted by molar-refractivity contribution is 7.80. The summed E-state index contributed by atoms with van der Waals surface area (Å²) in [4.78, 5) is 29.3. The highest BCUT2D eigenvalue weighted by Crippen LogP contribution is 2.42. The Morgan fingerprint density at radius 3 is 2.64 bits per heavy atom. The highest BCUT2D eigenvalue weighted by atomic mass is 32.1. The molecule has 9 heteroatoms. The topological polar surface area (TPSA) is 95.6 Å². The lowest BCUT2D eigenvalue weighted by molar-refractivity contribution is -0.126. The van der Waals surface area contributed by atoms with Crippen molar-refractivity contribution < 1.29 is 9.90 Å². The molecule has 1 fully saturated rings. The number of imidazole rings is 1. The first kappa shape index (κ1) is 23.1. The minimum atomic E-state index is -0.670. The van der Waals surface area contributed by atoms with Gasteiger partial charge in [0.15, 0.2) is 17.3 Å². The van der Waals surface area contributed by atoms with Crippen molar-refractivity contribution in [3.05, 3.63) is 41.6 Å². The van der Waals surface area contributed by atoms with Gasteiger partial charge in [-0.15, -0.1) is 0 Å². The van der Waals surface area contributed by atoms with E-state index in [9.17, 15) is 9.90 Å². The molecule has 0 aromatic carbocycles. The molecule has 0 atom stereocenters. The van der Waals surface area contributed by atoms with Crippen molar-refractivity contribution in [3.8, 4) is 5.75 Å². The molecule has 0 radical (unpaired) electrons. The van der Waals surface area contributed by atoms with Crippen LogP contribution < -0.4 is 10.3 Å². The third-order valence-corrected chi connectivity index (χ3v) is 6.59. The number of ketones is 1. The Morgan fingerprint density at radius 1 is 1.33 bits per heavy atom. The van der Waals surface area contributed by atoms with E-state index in [2.05, 4.69) is 28.9 Å². The van der Waals surface area contributed by atoms with Gasteiger partial charge in [0.25, 0.3) is 0 Å². The van der Waals surface area contributed by atoms with Gasteiger partial charge in [-0.2, -0.15) is 0 Å². The molecule has 3 heterocycles. The first-order valence-electron chi connectivity index (χ1n) is 11.4. The molecular weight excluding hydrogens is 436 g/mol. The number of hydrogen-bond donors (Lipinski definition) is 2. The zero-order chi connectivity index (χ0) is 23.9. The van der Waals surface area contributed by atoms with Crippen molar-refractivity contribution in [2.24, 2.45) is 4.99 Å². The minimum absolute atomic E-state index is 0.0263. The summed E-state index contributed by atoms with van der Waals surface area (Å²) in [5.74, 6) is 1.88. The number of rotatable bonds is 7. The number of thiocarbonyl (C=S) groups is 1. The number of Topliss-reactive ketones (excluding diaryl/α,β-unsaturated/α-hetero) is 1. The van der Waals surface area contributed by atoms with Gasteiger partial charge in [0, 0.05) is 12.8 Å². The molecule has 0 amide bonds. The maximum absolute atomic E-state index is 12.9. The van der Waals surface area contributed by atoms with E-state index in [1.807, 2.05) is 30.3 Å². The second-order valence-electron chi connectivity index (χ2n) is 8.62. The van der Waals surface area contributed by atoms with Gasteiger partial charge in [0.05, 0.1) is 16.4 Å². The quantitative estimate of drug-likeness (QED) is 0.588. The van der Waals surface area contributed by atoms with Gasteiger partial charge in [-0.3, -0.25) is 10.2 Å². The summed E-state index contributed by atoms with van der Waals surface area (Å²) in [7, 11) is 0. The predicted molar refractivity (Wildman–Crippen MR) is 134 cm³/mol. The van der Waals surface area contributed by atoms with Crippen molar-refractivity contribution in [2.75, 3.05) is 10.3 Å². The fraction of sp³-hybridized carbons (Fsp3) is 0.458. The second kappa shape index (κ2) is 8.70. The minimum Gasteiger partial charge on any atom is -0.506 e. The van der Waals surface area contributed by atoms with Crippen LogP contribution in [-0.2, 0) is 11.2 Å². The number of nitrogens with zero attached hydrogens (tertiary/aromatic N) is 5. The summed E-state index contributed by atoms with van der Waals surface area (Å²) in [6.45, 7) is 11.8. The second-order valence-corrected chi connectivity index (χ2v) is 9.21. The van der Waals surface area contributed by atoms with Gasteiger partial charge >= 0.3 is 0 Å². The molecule has 8 nitrogen and oxygen atoms in total. The summed E-state index contributed by atoms with van der Waals surface area (Å²) < 4.78 is 1.87. The lowest BCUT2D eigenvalue weighted by Crippen LogP contribution is -2.61. The number of nitrogens with one attached hydrogen (secondary N) is 1. The van der Waals surface area contributed by atoms with Crippen LogP contribution >= 0.6 is 12.2 Å². The van der Waals surface area contributed by atoms with Crippen LogP contribution in [0.5, 0.6) is 5.75 Å². The van der Waals surface area contributed by atoms with Gasteiger partial charge in [0.2, 0.25) is 0 Å². The Morgan fingerprint density at radius 2 is 2.06 bits per heavy atom. The largest absolute Gasteiger partial charge is 0.506 e. The molecule has 1 aliphatic carbocycles. The normalized spacial score (nSPS) is 16.4. The Balaban J connectivity index is 1.78. The molecule has 2 aromatic rings. The smallest absolute Gasteiger partial charge is 0.175 e. The standard InChI is InChI=1S/C24H30N6O2S/c1-6-9-20-25-14(3)22-15(4)26-23(28-30(20)22)21-17(31)10-11-19(27-21)29(16(5)33)24(12-8-13-24)18(32)7-2/h10-11,31H,4,6-9,12-13H2,1-3,5H3,(H,26,28). The molecule has 0 spiro atoms. The maximum Gasteiger partial charge on any atom is 0.175 e. The van der Waals surface area contributed by atoms with Crippen LogP contribution in [0.1, 0.15) is 75.8 Å². The molecule has 2 aromatic heterocycles. The van der Waals surface area contributed by atoms with E-state index >= 15 is 0 Å². The molecule has 33 heavy (non-hydrogen) atoms. The molecule has 174 valence electrons. The van der Waals surface area contributed by atoms with Crippen LogP contribution in [-0.4, -0.2) is 41.9 Å². The highest BCUT2D eigenvalue weighted by Gasteiger charge is 2.49. The van der Waals surface area contributed by atoms with Gasteiger partial charge in [-0.25, -0.2) is 19.6 Å². The monoisotopic (exact) mass is 466 g/mol. The van der Waals surface area contributed by atoms with Crippen LogP contribution in [0.25, 0.3) is 5.70 Å². The third kappa shape index (κ3) is 3.74. The maximum atomic E-state index is 12.9. The van der Waals surface area contributed by atoms with Crippen LogP contribution in [0, 0.1) is 6.92 Å². The first-order chi connectivity index (χ1) is 15.7. The molecule has 2 aliphatic rings. The number of carbonyl (C=O) groups excluding carboxylic acids is 1. The number of aryl methyl sites for hydroxylation is 2. The van der Waals surface area contributed by atoms with Gasteiger partial charge in [0.1, 0.15) is 28.6 Å². The number of carbonyl (C=O) groups is 1. The number of aromatic nitrogens is 3. The van der Waals surface area contributed by atoms with Crippen LogP contribution in [0.3, 0.4) is 0 Å².